The highest BCUT2D eigenvalue weighted by Crippen LogP contribution is 2.20. The van der Waals surface area contributed by atoms with Crippen molar-refractivity contribution >= 4 is 15.7 Å². The molecule has 0 amide bonds. The van der Waals surface area contributed by atoms with Gasteiger partial charge in [-0.05, 0) is 37.5 Å². The maximum Gasteiger partial charge on any atom is 0.243 e. The largest absolute Gasteiger partial charge is 0.323 e. The van der Waals surface area contributed by atoms with E-state index in [1.807, 2.05) is 0 Å². The fraction of sp³-hybridized carbons (Fsp3) is 0.462. The molecule has 0 saturated carbocycles. The normalized spacial score (nSPS) is 18.5. The van der Waals surface area contributed by atoms with E-state index in [1.165, 1.54) is 0 Å². The van der Waals surface area contributed by atoms with Crippen LogP contribution in [0.25, 0.3) is 0 Å². The summed E-state index contributed by atoms with van der Waals surface area (Å²) in [6.07, 6.45) is 2.99. The van der Waals surface area contributed by atoms with Gasteiger partial charge in [0.15, 0.2) is 0 Å². The minimum atomic E-state index is -3.35. The third kappa shape index (κ3) is 2.96. The summed E-state index contributed by atoms with van der Waals surface area (Å²) in [4.78, 5) is 0.336. The van der Waals surface area contributed by atoms with E-state index in [4.69, 9.17) is 5.84 Å². The quantitative estimate of drug-likeness (QED) is 0.519. The maximum absolute atomic E-state index is 12.4. The molecule has 2 rings (SSSR count). The van der Waals surface area contributed by atoms with Gasteiger partial charge in [-0.3, -0.25) is 0 Å². The Hall–Kier alpha value is -1.40. The predicted molar refractivity (Wildman–Crippen MR) is 75.5 cm³/mol. The highest BCUT2D eigenvalue weighted by molar-refractivity contribution is 7.89. The Morgan fingerprint density at radius 1 is 1.16 bits per heavy atom. The van der Waals surface area contributed by atoms with Crippen LogP contribution in [-0.4, -0.2) is 31.5 Å². The number of hydrazone groups is 1. The van der Waals surface area contributed by atoms with Crippen LogP contribution in [0.5, 0.6) is 0 Å². The van der Waals surface area contributed by atoms with Gasteiger partial charge in [0, 0.05) is 13.1 Å². The average Bonchev–Trinajstić information content (AvgIpc) is 2.47. The number of piperidine rings is 1. The van der Waals surface area contributed by atoms with Crippen molar-refractivity contribution in [3.05, 3.63) is 29.8 Å². The lowest BCUT2D eigenvalue weighted by Crippen LogP contribution is -2.35. The Labute approximate surface area is 114 Å². The molecule has 1 aromatic carbocycles. The van der Waals surface area contributed by atoms with Crippen molar-refractivity contribution in [2.75, 3.05) is 13.1 Å². The van der Waals surface area contributed by atoms with Crippen molar-refractivity contribution < 1.29 is 8.42 Å². The van der Waals surface area contributed by atoms with E-state index in [0.717, 1.165) is 24.8 Å². The van der Waals surface area contributed by atoms with E-state index in [1.54, 1.807) is 35.5 Å². The molecule has 2 N–H and O–H groups in total. The molecule has 1 aromatic rings. The molecule has 1 heterocycles. The number of rotatable bonds is 3. The number of benzene rings is 1. The van der Waals surface area contributed by atoms with E-state index < -0.39 is 10.0 Å². The molecule has 0 aromatic heterocycles. The van der Waals surface area contributed by atoms with Crippen LogP contribution < -0.4 is 5.84 Å². The monoisotopic (exact) mass is 281 g/mol. The first-order valence-corrected chi connectivity index (χ1v) is 7.85. The van der Waals surface area contributed by atoms with Crippen molar-refractivity contribution in [3.63, 3.8) is 0 Å². The lowest BCUT2D eigenvalue weighted by molar-refractivity contribution is 0.346. The highest BCUT2D eigenvalue weighted by atomic mass is 32.2. The van der Waals surface area contributed by atoms with E-state index >= 15 is 0 Å². The van der Waals surface area contributed by atoms with Crippen LogP contribution in [0.2, 0.25) is 0 Å². The second-order valence-corrected chi connectivity index (χ2v) is 6.64. The number of nitrogens with zero attached hydrogens (tertiary/aromatic N) is 2. The summed E-state index contributed by atoms with van der Waals surface area (Å²) >= 11 is 0. The molecule has 1 aliphatic heterocycles. The van der Waals surface area contributed by atoms with Gasteiger partial charge in [0.05, 0.1) is 10.6 Å². The van der Waals surface area contributed by atoms with E-state index in [-0.39, 0.29) is 0 Å². The fourth-order valence-electron chi connectivity index (χ4n) is 2.20. The van der Waals surface area contributed by atoms with E-state index in [2.05, 4.69) is 5.10 Å². The lowest BCUT2D eigenvalue weighted by Gasteiger charge is -2.25. The van der Waals surface area contributed by atoms with Gasteiger partial charge in [-0.2, -0.15) is 9.41 Å². The van der Waals surface area contributed by atoms with Crippen molar-refractivity contribution in [2.24, 2.45) is 10.9 Å². The molecule has 6 heteroatoms. The molecular formula is C13H19N3O2S. The third-order valence-corrected chi connectivity index (χ3v) is 5.33. The van der Waals surface area contributed by atoms with Crippen LogP contribution in [-0.2, 0) is 10.0 Å². The third-order valence-electron chi connectivity index (χ3n) is 3.42. The SMILES string of the molecule is C/C(=N/N)c1ccc(S(=O)(=O)N2CCCCC2)cc1. The van der Waals surface area contributed by atoms with Crippen LogP contribution in [0.3, 0.4) is 0 Å². The minimum Gasteiger partial charge on any atom is -0.323 e. The summed E-state index contributed by atoms with van der Waals surface area (Å²) in [5.41, 5.74) is 1.52. The Kier molecular flexibility index (Phi) is 4.21. The Balaban J connectivity index is 2.25. The minimum absolute atomic E-state index is 0.336. The molecule has 0 unspecified atom stereocenters. The molecule has 104 valence electrons. The zero-order valence-electron chi connectivity index (χ0n) is 11.0. The molecular weight excluding hydrogens is 262 g/mol. The Morgan fingerprint density at radius 3 is 2.26 bits per heavy atom. The van der Waals surface area contributed by atoms with Gasteiger partial charge in [-0.15, -0.1) is 0 Å². The Morgan fingerprint density at radius 2 is 1.74 bits per heavy atom. The number of sulfonamides is 1. The molecule has 0 radical (unpaired) electrons. The van der Waals surface area contributed by atoms with Crippen molar-refractivity contribution in [1.29, 1.82) is 0 Å². The summed E-state index contributed by atoms with van der Waals surface area (Å²) < 4.78 is 26.4. The van der Waals surface area contributed by atoms with Gasteiger partial charge >= 0.3 is 0 Å². The molecule has 5 nitrogen and oxygen atoms in total. The molecule has 0 aliphatic carbocycles. The van der Waals surface area contributed by atoms with Gasteiger partial charge in [-0.25, -0.2) is 8.42 Å². The lowest BCUT2D eigenvalue weighted by atomic mass is 10.1. The summed E-state index contributed by atoms with van der Waals surface area (Å²) in [6, 6.07) is 6.72. The average molecular weight is 281 g/mol. The molecule has 0 bridgehead atoms. The molecule has 0 atom stereocenters. The van der Waals surface area contributed by atoms with Crippen molar-refractivity contribution in [1.82, 2.24) is 4.31 Å². The summed E-state index contributed by atoms with van der Waals surface area (Å²) in [6.45, 7) is 3.02. The standard InChI is InChI=1S/C13H19N3O2S/c1-11(15-14)12-5-7-13(8-6-12)19(17,18)16-9-3-2-4-10-16/h5-8H,2-4,9-10,14H2,1H3/b15-11-. The fourth-order valence-corrected chi connectivity index (χ4v) is 3.71. The summed E-state index contributed by atoms with van der Waals surface area (Å²) in [5.74, 6) is 5.21. The molecule has 1 fully saturated rings. The highest BCUT2D eigenvalue weighted by Gasteiger charge is 2.25. The molecule has 0 spiro atoms. The van der Waals surface area contributed by atoms with E-state index in [0.29, 0.717) is 23.7 Å². The van der Waals surface area contributed by atoms with Crippen LogP contribution in [0.15, 0.2) is 34.3 Å². The van der Waals surface area contributed by atoms with Gasteiger partial charge < -0.3 is 5.84 Å². The number of nitrogens with two attached hydrogens (primary N) is 1. The van der Waals surface area contributed by atoms with Crippen molar-refractivity contribution in [2.45, 2.75) is 31.1 Å². The Bertz CT molecular complexity index is 558. The second kappa shape index (κ2) is 5.71. The first-order chi connectivity index (χ1) is 9.05. The zero-order valence-corrected chi connectivity index (χ0v) is 11.9. The molecule has 19 heavy (non-hydrogen) atoms. The first-order valence-electron chi connectivity index (χ1n) is 6.41. The topological polar surface area (TPSA) is 75.8 Å². The van der Waals surface area contributed by atoms with Crippen molar-refractivity contribution in [3.8, 4) is 0 Å². The zero-order chi connectivity index (χ0) is 13.9. The van der Waals surface area contributed by atoms with Crippen LogP contribution >= 0.6 is 0 Å². The van der Waals surface area contributed by atoms with Crippen LogP contribution in [0.4, 0.5) is 0 Å². The van der Waals surface area contributed by atoms with Gasteiger partial charge in [0.1, 0.15) is 0 Å². The van der Waals surface area contributed by atoms with E-state index in [9.17, 15) is 8.42 Å². The maximum atomic E-state index is 12.4. The first kappa shape index (κ1) is 14.0. The van der Waals surface area contributed by atoms with Gasteiger partial charge in [0.2, 0.25) is 10.0 Å². The van der Waals surface area contributed by atoms with Gasteiger partial charge in [-0.1, -0.05) is 18.6 Å². The van der Waals surface area contributed by atoms with Crippen LogP contribution in [0, 0.1) is 0 Å². The van der Waals surface area contributed by atoms with Crippen LogP contribution in [0.1, 0.15) is 31.7 Å². The summed E-state index contributed by atoms with van der Waals surface area (Å²) in [5, 5.41) is 3.60. The molecule has 1 saturated heterocycles. The summed E-state index contributed by atoms with van der Waals surface area (Å²) in [7, 11) is -3.35. The second-order valence-electron chi connectivity index (χ2n) is 4.70. The smallest absolute Gasteiger partial charge is 0.243 e. The number of hydrogen-bond donors (Lipinski definition) is 1. The molecule has 1 aliphatic rings. The predicted octanol–water partition coefficient (Wildman–Crippen LogP) is 1.54. The van der Waals surface area contributed by atoms with Gasteiger partial charge in [0.25, 0.3) is 0 Å². The number of hydrogen-bond acceptors (Lipinski definition) is 4.